The van der Waals surface area contributed by atoms with Crippen LogP contribution in [0.1, 0.15) is 56.3 Å². The van der Waals surface area contributed by atoms with Crippen molar-refractivity contribution in [2.24, 2.45) is 0 Å². The van der Waals surface area contributed by atoms with Crippen LogP contribution in [0, 0.1) is 0 Å². The molecule has 2 aromatic carbocycles. The standard InChI is InChI=1S/C27H33NO6/c1-16(2)18-7-9-19(10-8-18)24-23(26(30)27(31)28(24)13-14-34-17(3)4)25(29)20-11-12-21(32-5)22(15-20)33-6/h7-12,15-17,24,29H,13-14H2,1-6H3/b25-23-. The fourth-order valence-corrected chi connectivity index (χ4v) is 4.05. The fraction of sp³-hybridized carbons (Fsp3) is 0.407. The zero-order chi connectivity index (χ0) is 25.0. The molecule has 182 valence electrons. The third-order valence-electron chi connectivity index (χ3n) is 5.90. The van der Waals surface area contributed by atoms with E-state index >= 15 is 0 Å². The van der Waals surface area contributed by atoms with Gasteiger partial charge in [-0.1, -0.05) is 38.1 Å². The Balaban J connectivity index is 2.12. The molecule has 1 heterocycles. The van der Waals surface area contributed by atoms with Crippen LogP contribution in [0.4, 0.5) is 0 Å². The van der Waals surface area contributed by atoms with Crippen LogP contribution in [-0.2, 0) is 14.3 Å². The molecule has 2 aromatic rings. The van der Waals surface area contributed by atoms with E-state index in [0.717, 1.165) is 11.1 Å². The fourth-order valence-electron chi connectivity index (χ4n) is 4.05. The first-order valence-corrected chi connectivity index (χ1v) is 11.4. The number of methoxy groups -OCH3 is 2. The van der Waals surface area contributed by atoms with E-state index in [-0.39, 0.29) is 30.6 Å². The van der Waals surface area contributed by atoms with Crippen LogP contribution in [0.25, 0.3) is 5.76 Å². The number of aliphatic hydroxyl groups excluding tert-OH is 1. The zero-order valence-corrected chi connectivity index (χ0v) is 20.6. The molecule has 0 aliphatic carbocycles. The quantitative estimate of drug-likeness (QED) is 0.328. The summed E-state index contributed by atoms with van der Waals surface area (Å²) in [5, 5.41) is 11.3. The third-order valence-corrected chi connectivity index (χ3v) is 5.90. The van der Waals surface area contributed by atoms with Crippen molar-refractivity contribution in [3.8, 4) is 11.5 Å². The van der Waals surface area contributed by atoms with Crippen molar-refractivity contribution in [3.05, 3.63) is 64.7 Å². The molecule has 1 atom stereocenters. The predicted octanol–water partition coefficient (Wildman–Crippen LogP) is 4.67. The van der Waals surface area contributed by atoms with Crippen molar-refractivity contribution in [1.82, 2.24) is 4.90 Å². The van der Waals surface area contributed by atoms with E-state index in [1.807, 2.05) is 38.1 Å². The molecule has 1 aliphatic heterocycles. The van der Waals surface area contributed by atoms with Crippen molar-refractivity contribution < 1.29 is 28.9 Å². The van der Waals surface area contributed by atoms with Crippen LogP contribution >= 0.6 is 0 Å². The number of hydrogen-bond donors (Lipinski definition) is 1. The summed E-state index contributed by atoms with van der Waals surface area (Å²) in [5.74, 6) is -0.409. The van der Waals surface area contributed by atoms with Gasteiger partial charge in [0.05, 0.1) is 38.5 Å². The minimum Gasteiger partial charge on any atom is -0.507 e. The molecule has 34 heavy (non-hydrogen) atoms. The molecule has 1 unspecified atom stereocenters. The maximum Gasteiger partial charge on any atom is 0.295 e. The van der Waals surface area contributed by atoms with Gasteiger partial charge in [0.25, 0.3) is 11.7 Å². The van der Waals surface area contributed by atoms with Crippen LogP contribution < -0.4 is 9.47 Å². The van der Waals surface area contributed by atoms with Gasteiger partial charge in [-0.25, -0.2) is 0 Å². The molecular formula is C27H33NO6. The van der Waals surface area contributed by atoms with Gasteiger partial charge in [0, 0.05) is 12.1 Å². The summed E-state index contributed by atoms with van der Waals surface area (Å²) in [6.07, 6.45) is -0.00707. The van der Waals surface area contributed by atoms with Gasteiger partial charge in [-0.3, -0.25) is 9.59 Å². The van der Waals surface area contributed by atoms with Crippen molar-refractivity contribution in [2.45, 2.75) is 45.8 Å². The van der Waals surface area contributed by atoms with E-state index in [1.165, 1.54) is 19.1 Å². The van der Waals surface area contributed by atoms with E-state index in [2.05, 4.69) is 13.8 Å². The Hall–Kier alpha value is -3.32. The number of hydrogen-bond acceptors (Lipinski definition) is 6. The highest BCUT2D eigenvalue weighted by Gasteiger charge is 2.46. The molecule has 1 aliphatic rings. The Kier molecular flexibility index (Phi) is 7.99. The van der Waals surface area contributed by atoms with E-state index in [0.29, 0.717) is 23.0 Å². The molecule has 3 rings (SSSR count). The number of aliphatic hydroxyl groups is 1. The Morgan fingerprint density at radius 1 is 0.971 bits per heavy atom. The minimum absolute atomic E-state index is 0.00707. The van der Waals surface area contributed by atoms with E-state index in [4.69, 9.17) is 14.2 Å². The second kappa shape index (κ2) is 10.7. The summed E-state index contributed by atoms with van der Waals surface area (Å²) >= 11 is 0. The van der Waals surface area contributed by atoms with Crippen molar-refractivity contribution in [3.63, 3.8) is 0 Å². The van der Waals surface area contributed by atoms with E-state index in [1.54, 1.807) is 18.2 Å². The topological polar surface area (TPSA) is 85.3 Å². The molecule has 0 spiro atoms. The van der Waals surface area contributed by atoms with Crippen LogP contribution in [-0.4, -0.2) is 55.2 Å². The zero-order valence-electron chi connectivity index (χ0n) is 20.6. The molecule has 1 amide bonds. The molecule has 0 aromatic heterocycles. The van der Waals surface area contributed by atoms with Crippen molar-refractivity contribution >= 4 is 17.4 Å². The van der Waals surface area contributed by atoms with Crippen LogP contribution in [0.3, 0.4) is 0 Å². The molecular weight excluding hydrogens is 434 g/mol. The predicted molar refractivity (Wildman–Crippen MR) is 130 cm³/mol. The second-order valence-corrected chi connectivity index (χ2v) is 8.80. The van der Waals surface area contributed by atoms with Crippen LogP contribution in [0.15, 0.2) is 48.0 Å². The summed E-state index contributed by atoms with van der Waals surface area (Å²) in [6, 6.07) is 11.9. The van der Waals surface area contributed by atoms with Gasteiger partial charge >= 0.3 is 0 Å². The highest BCUT2D eigenvalue weighted by atomic mass is 16.5. The molecule has 0 radical (unpaired) electrons. The number of amides is 1. The average molecular weight is 468 g/mol. The molecule has 7 heteroatoms. The van der Waals surface area contributed by atoms with Gasteiger partial charge in [-0.15, -0.1) is 0 Å². The SMILES string of the molecule is COc1ccc(/C(O)=C2/C(=O)C(=O)N(CCOC(C)C)C2c2ccc(C(C)C)cc2)cc1OC. The van der Waals surface area contributed by atoms with Gasteiger partial charge < -0.3 is 24.2 Å². The molecule has 0 bridgehead atoms. The van der Waals surface area contributed by atoms with E-state index < -0.39 is 17.7 Å². The number of ketones is 1. The lowest BCUT2D eigenvalue weighted by atomic mass is 9.93. The highest BCUT2D eigenvalue weighted by Crippen LogP contribution is 2.40. The first kappa shape index (κ1) is 25.3. The molecule has 0 saturated carbocycles. The van der Waals surface area contributed by atoms with Crippen molar-refractivity contribution in [1.29, 1.82) is 0 Å². The maximum atomic E-state index is 13.2. The number of likely N-dealkylation sites (tertiary alicyclic amines) is 1. The van der Waals surface area contributed by atoms with Crippen molar-refractivity contribution in [2.75, 3.05) is 27.4 Å². The number of benzene rings is 2. The number of carbonyl (C=O) groups is 2. The lowest BCUT2D eigenvalue weighted by molar-refractivity contribution is -0.140. The smallest absolute Gasteiger partial charge is 0.295 e. The van der Waals surface area contributed by atoms with Gasteiger partial charge in [0.2, 0.25) is 0 Å². The summed E-state index contributed by atoms with van der Waals surface area (Å²) < 4.78 is 16.3. The Morgan fingerprint density at radius 3 is 2.18 bits per heavy atom. The lowest BCUT2D eigenvalue weighted by Crippen LogP contribution is -2.33. The molecule has 1 fully saturated rings. The average Bonchev–Trinajstić information content (AvgIpc) is 3.07. The van der Waals surface area contributed by atoms with Gasteiger partial charge in [0.15, 0.2) is 11.5 Å². The van der Waals surface area contributed by atoms with Gasteiger partial charge in [0.1, 0.15) is 5.76 Å². The Bertz CT molecular complexity index is 1070. The maximum absolute atomic E-state index is 13.2. The monoisotopic (exact) mass is 467 g/mol. The number of rotatable bonds is 9. The number of Topliss-reactive ketones (excluding diaryl/α,β-unsaturated/α-hetero) is 1. The normalized spacial score (nSPS) is 17.6. The molecule has 1 N–H and O–H groups in total. The van der Waals surface area contributed by atoms with Gasteiger partial charge in [-0.2, -0.15) is 0 Å². The number of ether oxygens (including phenoxy) is 3. The summed E-state index contributed by atoms with van der Waals surface area (Å²) in [5.41, 5.74) is 2.29. The second-order valence-electron chi connectivity index (χ2n) is 8.80. The first-order chi connectivity index (χ1) is 16.2. The number of nitrogens with zero attached hydrogens (tertiary/aromatic N) is 1. The van der Waals surface area contributed by atoms with E-state index in [9.17, 15) is 14.7 Å². The summed E-state index contributed by atoms with van der Waals surface area (Å²) in [4.78, 5) is 27.7. The molecule has 7 nitrogen and oxygen atoms in total. The third kappa shape index (κ3) is 5.09. The first-order valence-electron chi connectivity index (χ1n) is 11.4. The Labute approximate surface area is 200 Å². The van der Waals surface area contributed by atoms with Gasteiger partial charge in [-0.05, 0) is 49.1 Å². The minimum atomic E-state index is -0.731. The van der Waals surface area contributed by atoms with Crippen LogP contribution in [0.2, 0.25) is 0 Å². The highest BCUT2D eigenvalue weighted by molar-refractivity contribution is 6.46. The largest absolute Gasteiger partial charge is 0.507 e. The Morgan fingerprint density at radius 2 is 1.62 bits per heavy atom. The number of carbonyl (C=O) groups excluding carboxylic acids is 2. The lowest BCUT2D eigenvalue weighted by Gasteiger charge is -2.26. The summed E-state index contributed by atoms with van der Waals surface area (Å²) in [7, 11) is 3.01. The summed E-state index contributed by atoms with van der Waals surface area (Å²) in [6.45, 7) is 8.52. The molecule has 1 saturated heterocycles. The van der Waals surface area contributed by atoms with Crippen LogP contribution in [0.5, 0.6) is 11.5 Å².